The second-order valence-electron chi connectivity index (χ2n) is 4.77. The molecule has 0 aliphatic heterocycles. The third-order valence-electron chi connectivity index (χ3n) is 2.48. The Balaban J connectivity index is 0.000000401. The van der Waals surface area contributed by atoms with Crippen molar-refractivity contribution in [1.29, 1.82) is 0 Å². The second-order valence-corrected chi connectivity index (χ2v) is 4.77. The van der Waals surface area contributed by atoms with Crippen molar-refractivity contribution in [3.05, 3.63) is 30.3 Å². The van der Waals surface area contributed by atoms with Crippen LogP contribution in [0.25, 0.3) is 0 Å². The predicted molar refractivity (Wildman–Crippen MR) is 87.2 cm³/mol. The Kier molecular flexibility index (Phi) is 15.4. The molecule has 0 heterocycles. The van der Waals surface area contributed by atoms with E-state index in [-0.39, 0.29) is 6.61 Å². The number of unbranched alkanes of at least 4 members (excludes halogenated alkanes) is 1. The molecule has 1 unspecified atom stereocenters. The first-order valence-corrected chi connectivity index (χ1v) is 7.83. The molecule has 0 amide bonds. The lowest BCUT2D eigenvalue weighted by atomic mass is 10.3. The number of benzene rings is 1. The molecule has 5 nitrogen and oxygen atoms in total. The van der Waals surface area contributed by atoms with E-state index in [0.29, 0.717) is 26.4 Å². The van der Waals surface area contributed by atoms with E-state index >= 15 is 0 Å². The fourth-order valence-corrected chi connectivity index (χ4v) is 1.37. The topological polar surface area (TPSA) is 68.2 Å². The van der Waals surface area contributed by atoms with Gasteiger partial charge in [0, 0.05) is 6.61 Å². The lowest BCUT2D eigenvalue weighted by Crippen LogP contribution is -2.12. The van der Waals surface area contributed by atoms with E-state index in [9.17, 15) is 0 Å². The summed E-state index contributed by atoms with van der Waals surface area (Å²) in [5.74, 6) is 0.799. The van der Waals surface area contributed by atoms with Crippen LogP contribution in [-0.2, 0) is 9.47 Å². The van der Waals surface area contributed by atoms with Crippen molar-refractivity contribution in [3.63, 3.8) is 0 Å². The summed E-state index contributed by atoms with van der Waals surface area (Å²) in [6.07, 6.45) is 1.87. The molecule has 22 heavy (non-hydrogen) atoms. The maximum atomic E-state index is 8.89. The quantitative estimate of drug-likeness (QED) is 0.613. The average molecular weight is 314 g/mol. The molecule has 1 aromatic rings. The average Bonchev–Trinajstić information content (AvgIpc) is 2.54. The van der Waals surface area contributed by atoms with E-state index < -0.39 is 6.10 Å². The van der Waals surface area contributed by atoms with Crippen LogP contribution in [-0.4, -0.2) is 56.0 Å². The van der Waals surface area contributed by atoms with Crippen LogP contribution in [0.15, 0.2) is 30.3 Å². The molecule has 0 spiro atoms. The Hall–Kier alpha value is -1.14. The Morgan fingerprint density at radius 2 is 1.64 bits per heavy atom. The molecule has 0 aromatic heterocycles. The Bertz CT molecular complexity index is 308. The zero-order valence-corrected chi connectivity index (χ0v) is 13.7. The number of ether oxygens (including phenoxy) is 3. The van der Waals surface area contributed by atoms with Crippen molar-refractivity contribution in [3.8, 4) is 5.75 Å². The standard InChI is InChI=1S/C9H12O2.C8H18O3/c1-8(10)7-11-9-5-3-2-4-6-9;1-2-3-5-10-7-8-11-6-4-9/h2-6,8,10H,7H2,1H3;9H,2-8H2,1H3. The number of hydrogen-bond acceptors (Lipinski definition) is 5. The molecule has 1 atom stereocenters. The van der Waals surface area contributed by atoms with E-state index in [1.54, 1.807) is 6.92 Å². The summed E-state index contributed by atoms with van der Waals surface area (Å²) in [5, 5.41) is 17.2. The first-order chi connectivity index (χ1) is 10.7. The summed E-state index contributed by atoms with van der Waals surface area (Å²) >= 11 is 0. The number of rotatable bonds is 11. The van der Waals surface area contributed by atoms with Crippen molar-refractivity contribution < 1.29 is 24.4 Å². The highest BCUT2D eigenvalue weighted by molar-refractivity contribution is 5.20. The van der Waals surface area contributed by atoms with Crippen molar-refractivity contribution in [2.75, 3.05) is 39.6 Å². The van der Waals surface area contributed by atoms with E-state index in [0.717, 1.165) is 25.2 Å². The molecule has 2 N–H and O–H groups in total. The van der Waals surface area contributed by atoms with Gasteiger partial charge in [-0.1, -0.05) is 31.5 Å². The highest BCUT2D eigenvalue weighted by Crippen LogP contribution is 2.07. The van der Waals surface area contributed by atoms with Gasteiger partial charge in [0.2, 0.25) is 0 Å². The van der Waals surface area contributed by atoms with Gasteiger partial charge in [0.05, 0.1) is 32.5 Å². The third-order valence-corrected chi connectivity index (χ3v) is 2.48. The summed E-state index contributed by atoms with van der Waals surface area (Å²) in [5.41, 5.74) is 0. The van der Waals surface area contributed by atoms with Gasteiger partial charge in [0.25, 0.3) is 0 Å². The van der Waals surface area contributed by atoms with Crippen LogP contribution in [0.2, 0.25) is 0 Å². The van der Waals surface area contributed by atoms with E-state index in [1.165, 1.54) is 0 Å². The van der Waals surface area contributed by atoms with Gasteiger partial charge in [0.15, 0.2) is 0 Å². The molecule has 128 valence electrons. The van der Waals surface area contributed by atoms with Crippen LogP contribution in [0.3, 0.4) is 0 Å². The highest BCUT2D eigenvalue weighted by Gasteiger charge is 1.95. The molecule has 0 aliphatic rings. The number of para-hydroxylation sites is 1. The third kappa shape index (κ3) is 15.3. The molecule has 1 rings (SSSR count). The van der Waals surface area contributed by atoms with Crippen molar-refractivity contribution >= 4 is 0 Å². The van der Waals surface area contributed by atoms with Crippen LogP contribution >= 0.6 is 0 Å². The monoisotopic (exact) mass is 314 g/mol. The summed E-state index contributed by atoms with van der Waals surface area (Å²) < 4.78 is 15.4. The van der Waals surface area contributed by atoms with Gasteiger partial charge in [-0.25, -0.2) is 0 Å². The molecule has 0 saturated heterocycles. The normalized spacial score (nSPS) is 11.5. The van der Waals surface area contributed by atoms with Crippen molar-refractivity contribution in [2.24, 2.45) is 0 Å². The molecule has 1 aromatic carbocycles. The summed E-state index contributed by atoms with van der Waals surface area (Å²) in [6, 6.07) is 9.45. The first kappa shape index (κ1) is 20.9. The molecule has 0 aliphatic carbocycles. The van der Waals surface area contributed by atoms with Crippen LogP contribution in [0.1, 0.15) is 26.7 Å². The van der Waals surface area contributed by atoms with Gasteiger partial charge < -0.3 is 24.4 Å². The molecular weight excluding hydrogens is 284 g/mol. The lowest BCUT2D eigenvalue weighted by molar-refractivity contribution is 0.0324. The van der Waals surface area contributed by atoms with Gasteiger partial charge in [-0.2, -0.15) is 0 Å². The van der Waals surface area contributed by atoms with Gasteiger partial charge in [-0.3, -0.25) is 0 Å². The predicted octanol–water partition coefficient (Wildman–Crippen LogP) is 2.26. The smallest absolute Gasteiger partial charge is 0.119 e. The number of aliphatic hydroxyl groups excluding tert-OH is 2. The van der Waals surface area contributed by atoms with Crippen LogP contribution in [0.5, 0.6) is 5.75 Å². The summed E-state index contributed by atoms with van der Waals surface area (Å²) in [7, 11) is 0. The van der Waals surface area contributed by atoms with E-state index in [2.05, 4.69) is 6.92 Å². The van der Waals surface area contributed by atoms with Crippen molar-refractivity contribution in [1.82, 2.24) is 0 Å². The molecule has 5 heteroatoms. The first-order valence-electron chi connectivity index (χ1n) is 7.83. The van der Waals surface area contributed by atoms with Gasteiger partial charge in [-0.15, -0.1) is 0 Å². The Morgan fingerprint density at radius 3 is 2.18 bits per heavy atom. The maximum absolute atomic E-state index is 8.89. The molecule has 0 radical (unpaired) electrons. The van der Waals surface area contributed by atoms with Crippen molar-refractivity contribution in [2.45, 2.75) is 32.8 Å². The zero-order valence-electron chi connectivity index (χ0n) is 13.7. The number of hydrogen-bond donors (Lipinski definition) is 2. The minimum Gasteiger partial charge on any atom is -0.491 e. The minimum absolute atomic E-state index is 0.0922. The van der Waals surface area contributed by atoms with E-state index in [1.807, 2.05) is 30.3 Å². The summed E-state index contributed by atoms with van der Waals surface area (Å²) in [4.78, 5) is 0. The summed E-state index contributed by atoms with van der Waals surface area (Å²) in [6.45, 7) is 6.73. The SMILES string of the molecule is CC(O)COc1ccccc1.CCCCOCCOCCO. The molecule has 0 fully saturated rings. The Labute approximate surface area is 133 Å². The fraction of sp³-hybridized carbons (Fsp3) is 0.647. The molecule has 0 bridgehead atoms. The van der Waals surface area contributed by atoms with E-state index in [4.69, 9.17) is 24.4 Å². The Morgan fingerprint density at radius 1 is 1.00 bits per heavy atom. The second kappa shape index (κ2) is 16.2. The van der Waals surface area contributed by atoms with Gasteiger partial charge in [0.1, 0.15) is 12.4 Å². The molecular formula is C17H30O5. The molecule has 0 saturated carbocycles. The van der Waals surface area contributed by atoms with Crippen LogP contribution in [0.4, 0.5) is 0 Å². The fourth-order valence-electron chi connectivity index (χ4n) is 1.37. The maximum Gasteiger partial charge on any atom is 0.119 e. The minimum atomic E-state index is -0.407. The largest absolute Gasteiger partial charge is 0.491 e. The lowest BCUT2D eigenvalue weighted by Gasteiger charge is -2.06. The number of aliphatic hydroxyl groups is 2. The zero-order chi connectivity index (χ0) is 16.5. The van der Waals surface area contributed by atoms with Crippen LogP contribution in [0, 0.1) is 0 Å². The highest BCUT2D eigenvalue weighted by atomic mass is 16.5. The van der Waals surface area contributed by atoms with Gasteiger partial charge >= 0.3 is 0 Å². The van der Waals surface area contributed by atoms with Gasteiger partial charge in [-0.05, 0) is 25.5 Å². The van der Waals surface area contributed by atoms with Crippen LogP contribution < -0.4 is 4.74 Å².